The molecule has 2 fully saturated rings. The highest BCUT2D eigenvalue weighted by Crippen LogP contribution is 2.36. The summed E-state index contributed by atoms with van der Waals surface area (Å²) in [5.41, 5.74) is 0.441. The summed E-state index contributed by atoms with van der Waals surface area (Å²) in [5, 5.41) is 0. The van der Waals surface area contributed by atoms with Crippen LogP contribution in [0.1, 0.15) is 52.4 Å². The van der Waals surface area contributed by atoms with Gasteiger partial charge in [0.2, 0.25) is 0 Å². The SMILES string of the molecule is CC.CN1CCCCC12CCCCN2C. The van der Waals surface area contributed by atoms with Gasteiger partial charge in [-0.15, -0.1) is 0 Å². The lowest BCUT2D eigenvalue weighted by atomic mass is 9.86. The summed E-state index contributed by atoms with van der Waals surface area (Å²) in [4.78, 5) is 5.19. The number of likely N-dealkylation sites (tertiary alicyclic amines) is 2. The van der Waals surface area contributed by atoms with Crippen LogP contribution >= 0.6 is 0 Å². The van der Waals surface area contributed by atoms with E-state index in [0.29, 0.717) is 5.66 Å². The molecule has 2 aliphatic heterocycles. The lowest BCUT2D eigenvalue weighted by Gasteiger charge is -2.53. The zero-order valence-electron chi connectivity index (χ0n) is 11.1. The molecular formula is C13H28N2. The van der Waals surface area contributed by atoms with Gasteiger partial charge in [0, 0.05) is 0 Å². The first-order chi connectivity index (χ1) is 7.26. The van der Waals surface area contributed by atoms with Crippen LogP contribution in [0.25, 0.3) is 0 Å². The third-order valence-corrected chi connectivity index (χ3v) is 4.06. The molecule has 0 aromatic rings. The lowest BCUT2D eigenvalue weighted by molar-refractivity contribution is -0.0810. The Morgan fingerprint density at radius 3 is 1.47 bits per heavy atom. The van der Waals surface area contributed by atoms with Crippen molar-refractivity contribution in [2.75, 3.05) is 27.2 Å². The van der Waals surface area contributed by atoms with E-state index >= 15 is 0 Å². The average molecular weight is 212 g/mol. The van der Waals surface area contributed by atoms with E-state index in [4.69, 9.17) is 0 Å². The second-order valence-corrected chi connectivity index (χ2v) is 4.74. The molecule has 0 aromatic carbocycles. The van der Waals surface area contributed by atoms with Crippen molar-refractivity contribution in [1.29, 1.82) is 0 Å². The van der Waals surface area contributed by atoms with Crippen molar-refractivity contribution in [2.45, 2.75) is 58.0 Å². The molecule has 0 N–H and O–H groups in total. The van der Waals surface area contributed by atoms with Gasteiger partial charge in [-0.1, -0.05) is 13.8 Å². The van der Waals surface area contributed by atoms with E-state index in [9.17, 15) is 0 Å². The van der Waals surface area contributed by atoms with Crippen LogP contribution in [-0.2, 0) is 0 Å². The van der Waals surface area contributed by atoms with Crippen LogP contribution in [0, 0.1) is 0 Å². The maximum absolute atomic E-state index is 2.59. The van der Waals surface area contributed by atoms with E-state index in [0.717, 1.165) is 0 Å². The quantitative estimate of drug-likeness (QED) is 0.609. The van der Waals surface area contributed by atoms with Gasteiger partial charge in [0.1, 0.15) is 0 Å². The minimum atomic E-state index is 0.441. The summed E-state index contributed by atoms with van der Waals surface area (Å²) in [7, 11) is 4.61. The summed E-state index contributed by atoms with van der Waals surface area (Å²) in [6, 6.07) is 0. The zero-order chi connectivity index (χ0) is 11.3. The molecule has 0 bridgehead atoms. The Morgan fingerprint density at radius 1 is 0.733 bits per heavy atom. The van der Waals surface area contributed by atoms with Crippen LogP contribution in [0.5, 0.6) is 0 Å². The third-order valence-electron chi connectivity index (χ3n) is 4.06. The number of piperidine rings is 2. The number of rotatable bonds is 0. The molecular weight excluding hydrogens is 184 g/mol. The Kier molecular flexibility index (Phi) is 5.07. The van der Waals surface area contributed by atoms with Gasteiger partial charge < -0.3 is 0 Å². The molecule has 2 aliphatic rings. The van der Waals surface area contributed by atoms with Crippen LogP contribution in [-0.4, -0.2) is 42.6 Å². The first kappa shape index (κ1) is 13.0. The van der Waals surface area contributed by atoms with Crippen molar-refractivity contribution in [3.63, 3.8) is 0 Å². The van der Waals surface area contributed by atoms with Gasteiger partial charge in [-0.2, -0.15) is 0 Å². The molecule has 0 radical (unpaired) electrons. The van der Waals surface area contributed by atoms with Gasteiger partial charge in [0.15, 0.2) is 0 Å². The van der Waals surface area contributed by atoms with Gasteiger partial charge in [0.25, 0.3) is 0 Å². The van der Waals surface area contributed by atoms with Gasteiger partial charge in [0.05, 0.1) is 5.66 Å². The molecule has 2 heterocycles. The summed E-state index contributed by atoms with van der Waals surface area (Å²) < 4.78 is 0. The Morgan fingerprint density at radius 2 is 1.13 bits per heavy atom. The molecule has 0 atom stereocenters. The van der Waals surface area contributed by atoms with E-state index < -0.39 is 0 Å². The smallest absolute Gasteiger partial charge is 0.0732 e. The van der Waals surface area contributed by atoms with E-state index in [1.165, 1.54) is 51.6 Å². The second-order valence-electron chi connectivity index (χ2n) is 4.74. The number of nitrogens with zero attached hydrogens (tertiary/aromatic N) is 2. The second kappa shape index (κ2) is 5.86. The lowest BCUT2D eigenvalue weighted by Crippen LogP contribution is -2.61. The molecule has 2 heteroatoms. The molecule has 0 amide bonds. The molecule has 1 spiro atoms. The third kappa shape index (κ3) is 2.54. The minimum absolute atomic E-state index is 0.441. The monoisotopic (exact) mass is 212 g/mol. The van der Waals surface area contributed by atoms with Crippen LogP contribution in [0.2, 0.25) is 0 Å². The summed E-state index contributed by atoms with van der Waals surface area (Å²) >= 11 is 0. The minimum Gasteiger partial charge on any atom is -0.288 e. The van der Waals surface area contributed by atoms with Crippen molar-refractivity contribution in [1.82, 2.24) is 9.80 Å². The predicted molar refractivity (Wildman–Crippen MR) is 67.0 cm³/mol. The zero-order valence-corrected chi connectivity index (χ0v) is 11.1. The number of hydrogen-bond acceptors (Lipinski definition) is 2. The van der Waals surface area contributed by atoms with Gasteiger partial charge in [-0.25, -0.2) is 0 Å². The van der Waals surface area contributed by atoms with E-state index in [1.807, 2.05) is 13.8 Å². The first-order valence-electron chi connectivity index (χ1n) is 6.68. The van der Waals surface area contributed by atoms with Crippen molar-refractivity contribution in [3.8, 4) is 0 Å². The molecule has 0 saturated carbocycles. The van der Waals surface area contributed by atoms with Crippen LogP contribution in [0.3, 0.4) is 0 Å². The molecule has 0 unspecified atom stereocenters. The van der Waals surface area contributed by atoms with Crippen molar-refractivity contribution < 1.29 is 0 Å². The first-order valence-corrected chi connectivity index (χ1v) is 6.68. The molecule has 2 rings (SSSR count). The highest BCUT2D eigenvalue weighted by Gasteiger charge is 2.41. The number of hydrogen-bond donors (Lipinski definition) is 0. The Hall–Kier alpha value is -0.0800. The van der Waals surface area contributed by atoms with Gasteiger partial charge in [-0.3, -0.25) is 9.80 Å². The van der Waals surface area contributed by atoms with Gasteiger partial charge in [-0.05, 0) is 65.7 Å². The maximum atomic E-state index is 2.59. The Bertz CT molecular complexity index is 159. The van der Waals surface area contributed by atoms with Crippen LogP contribution in [0.15, 0.2) is 0 Å². The van der Waals surface area contributed by atoms with Gasteiger partial charge >= 0.3 is 0 Å². The normalized spacial score (nSPS) is 27.2. The Balaban J connectivity index is 0.000000531. The molecule has 0 aliphatic carbocycles. The van der Waals surface area contributed by atoms with Crippen LogP contribution in [0.4, 0.5) is 0 Å². The highest BCUT2D eigenvalue weighted by atomic mass is 15.4. The standard InChI is InChI=1S/C11H22N2.C2H6/c1-12-9-5-3-7-11(12)8-4-6-10-13(11)2;1-2/h3-10H2,1-2H3;1-2H3. The fourth-order valence-electron chi connectivity index (χ4n) is 3.11. The summed E-state index contributed by atoms with van der Waals surface area (Å²) in [5.74, 6) is 0. The topological polar surface area (TPSA) is 6.48 Å². The molecule has 0 aromatic heterocycles. The fourth-order valence-corrected chi connectivity index (χ4v) is 3.11. The van der Waals surface area contributed by atoms with Crippen molar-refractivity contribution in [3.05, 3.63) is 0 Å². The largest absolute Gasteiger partial charge is 0.288 e. The molecule has 90 valence electrons. The maximum Gasteiger partial charge on any atom is 0.0732 e. The molecule has 2 nitrogen and oxygen atoms in total. The van der Waals surface area contributed by atoms with Crippen LogP contribution < -0.4 is 0 Å². The van der Waals surface area contributed by atoms with Crippen molar-refractivity contribution >= 4 is 0 Å². The highest BCUT2D eigenvalue weighted by molar-refractivity contribution is 4.93. The summed E-state index contributed by atoms with van der Waals surface area (Å²) in [6.45, 7) is 6.59. The average Bonchev–Trinajstić information content (AvgIpc) is 2.29. The fraction of sp³-hybridized carbons (Fsp3) is 1.00. The summed E-state index contributed by atoms with van der Waals surface area (Å²) in [6.07, 6.45) is 8.42. The Labute approximate surface area is 95.6 Å². The molecule has 2 saturated heterocycles. The van der Waals surface area contributed by atoms with E-state index in [1.54, 1.807) is 0 Å². The van der Waals surface area contributed by atoms with E-state index in [-0.39, 0.29) is 0 Å². The predicted octanol–water partition coefficient (Wildman–Crippen LogP) is 2.94. The van der Waals surface area contributed by atoms with E-state index in [2.05, 4.69) is 23.9 Å². The molecule has 15 heavy (non-hydrogen) atoms. The van der Waals surface area contributed by atoms with Crippen molar-refractivity contribution in [2.24, 2.45) is 0 Å².